The van der Waals surface area contributed by atoms with Crippen LogP contribution in [0.3, 0.4) is 0 Å². The smallest absolute Gasteiger partial charge is 0.111 e. The van der Waals surface area contributed by atoms with Crippen molar-refractivity contribution in [3.8, 4) is 0 Å². The van der Waals surface area contributed by atoms with Crippen LogP contribution in [0.15, 0.2) is 12.4 Å². The zero-order valence-corrected chi connectivity index (χ0v) is 8.97. The first-order valence-electron chi connectivity index (χ1n) is 4.83. The SMILES string of the molecule is COCC(O)Cn1ccnc1C(C)C. The van der Waals surface area contributed by atoms with Crippen LogP contribution in [0.5, 0.6) is 0 Å². The number of aromatic nitrogens is 2. The predicted molar refractivity (Wildman–Crippen MR) is 54.2 cm³/mol. The molecular weight excluding hydrogens is 180 g/mol. The van der Waals surface area contributed by atoms with Gasteiger partial charge < -0.3 is 14.4 Å². The van der Waals surface area contributed by atoms with Crippen LogP contribution in [0, 0.1) is 0 Å². The minimum Gasteiger partial charge on any atom is -0.389 e. The Morgan fingerprint density at radius 2 is 2.29 bits per heavy atom. The summed E-state index contributed by atoms with van der Waals surface area (Å²) in [6, 6.07) is 0. The molecule has 0 aliphatic carbocycles. The van der Waals surface area contributed by atoms with Crippen molar-refractivity contribution in [1.29, 1.82) is 0 Å². The molecule has 1 aromatic heterocycles. The van der Waals surface area contributed by atoms with Crippen LogP contribution in [0.4, 0.5) is 0 Å². The minimum atomic E-state index is -0.466. The van der Waals surface area contributed by atoms with Crippen molar-refractivity contribution in [2.75, 3.05) is 13.7 Å². The third-order valence-electron chi connectivity index (χ3n) is 2.03. The fourth-order valence-electron chi connectivity index (χ4n) is 1.45. The molecule has 1 heterocycles. The van der Waals surface area contributed by atoms with E-state index in [0.29, 0.717) is 19.1 Å². The first-order valence-corrected chi connectivity index (χ1v) is 4.83. The lowest BCUT2D eigenvalue weighted by molar-refractivity contribution is 0.0530. The van der Waals surface area contributed by atoms with Crippen LogP contribution in [-0.2, 0) is 11.3 Å². The second kappa shape index (κ2) is 5.12. The van der Waals surface area contributed by atoms with E-state index in [1.807, 2.05) is 10.8 Å². The number of hydrogen-bond acceptors (Lipinski definition) is 3. The lowest BCUT2D eigenvalue weighted by atomic mass is 10.2. The van der Waals surface area contributed by atoms with Crippen LogP contribution in [-0.4, -0.2) is 34.5 Å². The third-order valence-corrected chi connectivity index (χ3v) is 2.03. The molecule has 0 bridgehead atoms. The molecule has 4 heteroatoms. The Morgan fingerprint density at radius 1 is 1.57 bits per heavy atom. The van der Waals surface area contributed by atoms with Gasteiger partial charge >= 0.3 is 0 Å². The molecule has 80 valence electrons. The largest absolute Gasteiger partial charge is 0.389 e. The van der Waals surface area contributed by atoms with E-state index in [0.717, 1.165) is 5.82 Å². The molecule has 0 radical (unpaired) electrons. The Balaban J connectivity index is 2.61. The van der Waals surface area contributed by atoms with Gasteiger partial charge in [0.05, 0.1) is 19.3 Å². The number of nitrogens with zero attached hydrogens (tertiary/aromatic N) is 2. The quantitative estimate of drug-likeness (QED) is 0.768. The van der Waals surface area contributed by atoms with Crippen LogP contribution in [0.25, 0.3) is 0 Å². The van der Waals surface area contributed by atoms with E-state index in [4.69, 9.17) is 4.74 Å². The summed E-state index contributed by atoms with van der Waals surface area (Å²) in [6.07, 6.45) is 3.18. The van der Waals surface area contributed by atoms with Crippen LogP contribution in [0.2, 0.25) is 0 Å². The van der Waals surface area contributed by atoms with Gasteiger partial charge in [-0.05, 0) is 0 Å². The lowest BCUT2D eigenvalue weighted by Gasteiger charge is -2.14. The Bertz CT molecular complexity index is 271. The van der Waals surface area contributed by atoms with Gasteiger partial charge in [0, 0.05) is 25.4 Å². The van der Waals surface area contributed by atoms with Crippen molar-refractivity contribution in [2.24, 2.45) is 0 Å². The fraction of sp³-hybridized carbons (Fsp3) is 0.700. The second-order valence-corrected chi connectivity index (χ2v) is 3.70. The second-order valence-electron chi connectivity index (χ2n) is 3.70. The van der Waals surface area contributed by atoms with Gasteiger partial charge in [-0.1, -0.05) is 13.8 Å². The van der Waals surface area contributed by atoms with Crippen molar-refractivity contribution in [2.45, 2.75) is 32.4 Å². The van der Waals surface area contributed by atoms with Crippen LogP contribution in [0.1, 0.15) is 25.6 Å². The van der Waals surface area contributed by atoms with Gasteiger partial charge in [0.15, 0.2) is 0 Å². The molecule has 0 fully saturated rings. The number of rotatable bonds is 5. The highest BCUT2D eigenvalue weighted by molar-refractivity contribution is 4.97. The Labute approximate surface area is 84.5 Å². The Morgan fingerprint density at radius 3 is 2.86 bits per heavy atom. The molecule has 1 rings (SSSR count). The molecule has 0 spiro atoms. The maximum atomic E-state index is 9.55. The Kier molecular flexibility index (Phi) is 4.10. The highest BCUT2D eigenvalue weighted by atomic mass is 16.5. The number of aliphatic hydroxyl groups is 1. The summed E-state index contributed by atoms with van der Waals surface area (Å²) in [4.78, 5) is 4.24. The number of imidazole rings is 1. The number of aliphatic hydroxyl groups excluding tert-OH is 1. The number of hydrogen-bond donors (Lipinski definition) is 1. The first-order chi connectivity index (χ1) is 6.65. The van der Waals surface area contributed by atoms with E-state index in [1.165, 1.54) is 0 Å². The average Bonchev–Trinajstić information content (AvgIpc) is 2.52. The van der Waals surface area contributed by atoms with Gasteiger partial charge in [-0.3, -0.25) is 0 Å². The van der Waals surface area contributed by atoms with Gasteiger partial charge in [-0.25, -0.2) is 4.98 Å². The lowest BCUT2D eigenvalue weighted by Crippen LogP contribution is -2.22. The van der Waals surface area contributed by atoms with E-state index in [-0.39, 0.29) is 0 Å². The molecule has 0 aliphatic rings. The highest BCUT2D eigenvalue weighted by Gasteiger charge is 2.10. The van der Waals surface area contributed by atoms with Gasteiger partial charge in [0.2, 0.25) is 0 Å². The molecular formula is C10H18N2O2. The molecule has 0 aromatic carbocycles. The summed E-state index contributed by atoms with van der Waals surface area (Å²) < 4.78 is 6.84. The van der Waals surface area contributed by atoms with Crippen LogP contribution >= 0.6 is 0 Å². The van der Waals surface area contributed by atoms with Gasteiger partial charge in [0.25, 0.3) is 0 Å². The van der Waals surface area contributed by atoms with E-state index < -0.39 is 6.10 Å². The molecule has 0 saturated carbocycles. The maximum absolute atomic E-state index is 9.55. The van der Waals surface area contributed by atoms with Crippen LogP contribution < -0.4 is 0 Å². The molecule has 1 N–H and O–H groups in total. The zero-order valence-electron chi connectivity index (χ0n) is 8.97. The van der Waals surface area contributed by atoms with Crippen molar-refractivity contribution in [3.05, 3.63) is 18.2 Å². The molecule has 0 saturated heterocycles. The van der Waals surface area contributed by atoms with Crippen molar-refractivity contribution < 1.29 is 9.84 Å². The van der Waals surface area contributed by atoms with Crippen molar-refractivity contribution >= 4 is 0 Å². The number of ether oxygens (including phenoxy) is 1. The molecule has 4 nitrogen and oxygen atoms in total. The van der Waals surface area contributed by atoms with E-state index in [9.17, 15) is 5.11 Å². The zero-order chi connectivity index (χ0) is 10.6. The first kappa shape index (κ1) is 11.2. The minimum absolute atomic E-state index is 0.357. The molecule has 1 atom stereocenters. The van der Waals surface area contributed by atoms with E-state index >= 15 is 0 Å². The summed E-state index contributed by atoms with van der Waals surface area (Å²) in [5, 5.41) is 9.55. The van der Waals surface area contributed by atoms with Gasteiger partial charge in [-0.2, -0.15) is 0 Å². The molecule has 0 aliphatic heterocycles. The molecule has 1 unspecified atom stereocenters. The average molecular weight is 198 g/mol. The van der Waals surface area contributed by atoms with Crippen molar-refractivity contribution in [1.82, 2.24) is 9.55 Å². The molecule has 14 heavy (non-hydrogen) atoms. The molecule has 0 amide bonds. The topological polar surface area (TPSA) is 47.3 Å². The summed E-state index contributed by atoms with van der Waals surface area (Å²) in [7, 11) is 1.58. The Hall–Kier alpha value is -0.870. The van der Waals surface area contributed by atoms with E-state index in [1.54, 1.807) is 13.3 Å². The summed E-state index contributed by atoms with van der Waals surface area (Å²) >= 11 is 0. The standard InChI is InChI=1S/C10H18N2O2/c1-8(2)10-11-4-5-12(10)6-9(13)7-14-3/h4-5,8-9,13H,6-7H2,1-3H3. The normalized spacial score (nSPS) is 13.5. The summed E-state index contributed by atoms with van der Waals surface area (Å²) in [5.41, 5.74) is 0. The molecule has 1 aromatic rings. The van der Waals surface area contributed by atoms with Gasteiger partial charge in [0.1, 0.15) is 5.82 Å². The predicted octanol–water partition coefficient (Wildman–Crippen LogP) is 1.01. The summed E-state index contributed by atoms with van der Waals surface area (Å²) in [5.74, 6) is 1.37. The third kappa shape index (κ3) is 2.82. The summed E-state index contributed by atoms with van der Waals surface area (Å²) in [6.45, 7) is 5.07. The van der Waals surface area contributed by atoms with Crippen molar-refractivity contribution in [3.63, 3.8) is 0 Å². The number of methoxy groups -OCH3 is 1. The van der Waals surface area contributed by atoms with E-state index in [2.05, 4.69) is 18.8 Å². The highest BCUT2D eigenvalue weighted by Crippen LogP contribution is 2.11. The fourth-order valence-corrected chi connectivity index (χ4v) is 1.45. The van der Waals surface area contributed by atoms with Gasteiger partial charge in [-0.15, -0.1) is 0 Å². The monoisotopic (exact) mass is 198 g/mol. The maximum Gasteiger partial charge on any atom is 0.111 e.